The topological polar surface area (TPSA) is 69.7 Å². The van der Waals surface area contributed by atoms with Crippen molar-refractivity contribution in [1.82, 2.24) is 0 Å². The van der Waals surface area contributed by atoms with Crippen molar-refractivity contribution in [2.45, 2.75) is 32.6 Å². The highest BCUT2D eigenvalue weighted by Gasteiger charge is 2.14. The average Bonchev–Trinajstić information content (AvgIpc) is 2.93. The van der Waals surface area contributed by atoms with E-state index >= 15 is 0 Å². The molecule has 0 radical (unpaired) electrons. The van der Waals surface area contributed by atoms with Gasteiger partial charge in [0.15, 0.2) is 5.78 Å². The molecule has 0 aromatic carbocycles. The number of hydrogen-bond acceptors (Lipinski definition) is 6. The van der Waals surface area contributed by atoms with Gasteiger partial charge in [0.05, 0.1) is 18.6 Å². The molecule has 0 atom stereocenters. The second-order valence-electron chi connectivity index (χ2n) is 4.09. The van der Waals surface area contributed by atoms with Crippen molar-refractivity contribution in [3.63, 3.8) is 0 Å². The van der Waals surface area contributed by atoms with E-state index in [0.29, 0.717) is 42.0 Å². The van der Waals surface area contributed by atoms with Crippen molar-refractivity contribution in [3.05, 3.63) is 21.9 Å². The van der Waals surface area contributed by atoms with E-state index in [1.165, 1.54) is 7.11 Å². The van der Waals surface area contributed by atoms with Gasteiger partial charge in [-0.25, -0.2) is 4.79 Å². The fourth-order valence-electron chi connectivity index (χ4n) is 1.58. The van der Waals surface area contributed by atoms with E-state index in [1.807, 2.05) is 0 Å². The second kappa shape index (κ2) is 8.47. The molecule has 0 bridgehead atoms. The van der Waals surface area contributed by atoms with E-state index in [1.54, 1.807) is 19.1 Å². The Kier molecular flexibility index (Phi) is 6.93. The van der Waals surface area contributed by atoms with Crippen molar-refractivity contribution in [2.24, 2.45) is 0 Å². The molecule has 1 heterocycles. The molecule has 0 N–H and O–H groups in total. The summed E-state index contributed by atoms with van der Waals surface area (Å²) in [5, 5.41) is 0. The van der Waals surface area contributed by atoms with Gasteiger partial charge in [0.25, 0.3) is 0 Å². The molecule has 0 aliphatic heterocycles. The van der Waals surface area contributed by atoms with Crippen LogP contribution in [-0.2, 0) is 14.3 Å². The van der Waals surface area contributed by atoms with Crippen LogP contribution >= 0.6 is 11.3 Å². The Bertz CT molecular complexity index is 478. The molecule has 5 nitrogen and oxygen atoms in total. The Morgan fingerprint density at radius 2 is 1.75 bits per heavy atom. The minimum Gasteiger partial charge on any atom is -0.469 e. The largest absolute Gasteiger partial charge is 0.469 e. The van der Waals surface area contributed by atoms with Crippen molar-refractivity contribution in [2.75, 3.05) is 13.7 Å². The van der Waals surface area contributed by atoms with E-state index in [9.17, 15) is 14.4 Å². The van der Waals surface area contributed by atoms with Gasteiger partial charge in [-0.15, -0.1) is 11.3 Å². The summed E-state index contributed by atoms with van der Waals surface area (Å²) < 4.78 is 9.39. The summed E-state index contributed by atoms with van der Waals surface area (Å²) in [6.45, 7) is 2.05. The van der Waals surface area contributed by atoms with E-state index < -0.39 is 5.97 Å². The fourth-order valence-corrected chi connectivity index (χ4v) is 2.45. The van der Waals surface area contributed by atoms with Crippen molar-refractivity contribution < 1.29 is 23.9 Å². The summed E-state index contributed by atoms with van der Waals surface area (Å²) in [5.74, 6) is -0.684. The molecule has 0 aliphatic carbocycles. The van der Waals surface area contributed by atoms with Gasteiger partial charge < -0.3 is 9.47 Å². The summed E-state index contributed by atoms with van der Waals surface area (Å²) in [6.07, 6.45) is 1.93. The molecule has 20 heavy (non-hydrogen) atoms. The van der Waals surface area contributed by atoms with E-state index in [0.717, 1.165) is 11.3 Å². The molecule has 1 aromatic heterocycles. The number of unbranched alkanes of at least 4 members (excludes halogenated alkanes) is 1. The van der Waals surface area contributed by atoms with Crippen LogP contribution in [0.1, 0.15) is 52.0 Å². The minimum absolute atomic E-state index is 0.0181. The van der Waals surface area contributed by atoms with Gasteiger partial charge in [0.1, 0.15) is 4.88 Å². The van der Waals surface area contributed by atoms with E-state index in [2.05, 4.69) is 4.74 Å². The van der Waals surface area contributed by atoms with Gasteiger partial charge in [-0.2, -0.15) is 0 Å². The average molecular weight is 298 g/mol. The standard InChI is InChI=1S/C14H18O5S/c1-3-19-14(17)12-9-8-11(20-12)10(15)6-4-5-7-13(16)18-2/h8-9H,3-7H2,1-2H3. The number of methoxy groups -OCH3 is 1. The second-order valence-corrected chi connectivity index (χ2v) is 5.17. The summed E-state index contributed by atoms with van der Waals surface area (Å²) >= 11 is 1.14. The normalized spacial score (nSPS) is 10.1. The number of hydrogen-bond donors (Lipinski definition) is 0. The van der Waals surface area contributed by atoms with Crippen molar-refractivity contribution >= 4 is 29.1 Å². The SMILES string of the molecule is CCOC(=O)c1ccc(C(=O)CCCCC(=O)OC)s1. The van der Waals surface area contributed by atoms with Crippen LogP contribution in [0.15, 0.2) is 12.1 Å². The van der Waals surface area contributed by atoms with Crippen LogP contribution in [0.2, 0.25) is 0 Å². The monoisotopic (exact) mass is 298 g/mol. The Labute approximate surface area is 121 Å². The number of ketones is 1. The number of thiophene rings is 1. The van der Waals surface area contributed by atoms with E-state index in [-0.39, 0.29) is 11.8 Å². The highest BCUT2D eigenvalue weighted by atomic mass is 32.1. The van der Waals surface area contributed by atoms with Crippen LogP contribution in [0, 0.1) is 0 Å². The van der Waals surface area contributed by atoms with Crippen molar-refractivity contribution in [3.8, 4) is 0 Å². The Balaban J connectivity index is 2.40. The highest BCUT2D eigenvalue weighted by molar-refractivity contribution is 7.15. The molecule has 110 valence electrons. The fraction of sp³-hybridized carbons (Fsp3) is 0.500. The number of Topliss-reactive ketones (excluding diaryl/α,β-unsaturated/α-hetero) is 1. The molecule has 0 amide bonds. The lowest BCUT2D eigenvalue weighted by Gasteiger charge is -1.99. The molecule has 1 rings (SSSR count). The quantitative estimate of drug-likeness (QED) is 0.419. The number of carbonyl (C=O) groups excluding carboxylic acids is 3. The lowest BCUT2D eigenvalue weighted by Crippen LogP contribution is -2.02. The van der Waals surface area contributed by atoms with Crippen LogP contribution in [-0.4, -0.2) is 31.4 Å². The number of ether oxygens (including phenoxy) is 2. The van der Waals surface area contributed by atoms with Crippen molar-refractivity contribution in [1.29, 1.82) is 0 Å². The molecule has 1 aromatic rings. The van der Waals surface area contributed by atoms with Gasteiger partial charge in [0, 0.05) is 12.8 Å². The molecule has 0 aliphatic rings. The molecule has 0 spiro atoms. The maximum Gasteiger partial charge on any atom is 0.348 e. The Hall–Kier alpha value is -1.69. The zero-order valence-corrected chi connectivity index (χ0v) is 12.5. The van der Waals surface area contributed by atoms with Gasteiger partial charge in [0.2, 0.25) is 0 Å². The third kappa shape index (κ3) is 5.13. The lowest BCUT2D eigenvalue weighted by molar-refractivity contribution is -0.140. The third-order valence-corrected chi connectivity index (χ3v) is 3.73. The summed E-state index contributed by atoms with van der Waals surface area (Å²) in [6, 6.07) is 3.24. The first-order valence-electron chi connectivity index (χ1n) is 6.45. The van der Waals surface area contributed by atoms with Crippen LogP contribution in [0.4, 0.5) is 0 Å². The zero-order valence-electron chi connectivity index (χ0n) is 11.6. The zero-order chi connectivity index (χ0) is 15.0. The van der Waals surface area contributed by atoms with E-state index in [4.69, 9.17) is 4.74 Å². The Morgan fingerprint density at radius 3 is 2.40 bits per heavy atom. The molecule has 0 saturated heterocycles. The van der Waals surface area contributed by atoms with Gasteiger partial charge in [-0.3, -0.25) is 9.59 Å². The lowest BCUT2D eigenvalue weighted by atomic mass is 10.1. The maximum absolute atomic E-state index is 11.9. The highest BCUT2D eigenvalue weighted by Crippen LogP contribution is 2.20. The predicted octanol–water partition coefficient (Wildman–Crippen LogP) is 2.84. The summed E-state index contributed by atoms with van der Waals surface area (Å²) in [4.78, 5) is 35.3. The van der Waals surface area contributed by atoms with Crippen LogP contribution < -0.4 is 0 Å². The first kappa shape index (κ1) is 16.4. The van der Waals surface area contributed by atoms with Gasteiger partial charge in [-0.1, -0.05) is 0 Å². The molecular weight excluding hydrogens is 280 g/mol. The smallest absolute Gasteiger partial charge is 0.348 e. The minimum atomic E-state index is -0.401. The van der Waals surface area contributed by atoms with Crippen LogP contribution in [0.5, 0.6) is 0 Å². The summed E-state index contributed by atoms with van der Waals surface area (Å²) in [5.41, 5.74) is 0. The number of rotatable bonds is 8. The number of carbonyl (C=O) groups is 3. The molecule has 0 unspecified atom stereocenters. The molecule has 6 heteroatoms. The molecule has 0 fully saturated rings. The molecule has 0 saturated carbocycles. The van der Waals surface area contributed by atoms with Crippen LogP contribution in [0.25, 0.3) is 0 Å². The predicted molar refractivity (Wildman–Crippen MR) is 75.1 cm³/mol. The number of esters is 2. The first-order chi connectivity index (χ1) is 9.58. The maximum atomic E-state index is 11.9. The first-order valence-corrected chi connectivity index (χ1v) is 7.27. The molecular formula is C14H18O5S. The van der Waals surface area contributed by atoms with Crippen LogP contribution in [0.3, 0.4) is 0 Å². The van der Waals surface area contributed by atoms with Gasteiger partial charge >= 0.3 is 11.9 Å². The van der Waals surface area contributed by atoms with Gasteiger partial charge in [-0.05, 0) is 31.9 Å². The summed E-state index contributed by atoms with van der Waals surface area (Å²) in [7, 11) is 1.34. The Morgan fingerprint density at radius 1 is 1.10 bits per heavy atom. The third-order valence-electron chi connectivity index (χ3n) is 2.62.